The second kappa shape index (κ2) is 4.25. The maximum absolute atomic E-state index is 11.8. The Morgan fingerprint density at radius 1 is 1.13 bits per heavy atom. The molecule has 1 rings (SSSR count). The number of halogens is 5. The van der Waals surface area contributed by atoms with E-state index in [0.29, 0.717) is 0 Å². The predicted octanol–water partition coefficient (Wildman–Crippen LogP) is 4.16. The molecule has 0 saturated heterocycles. The van der Waals surface area contributed by atoms with Crippen molar-refractivity contribution >= 4 is 58.0 Å². The molecule has 85 valence electrons. The van der Waals surface area contributed by atoms with Gasteiger partial charge in [-0.3, -0.25) is 0 Å². The fraction of sp³-hybridized carbons (Fsp3) is 0. The summed E-state index contributed by atoms with van der Waals surface area (Å²) in [5, 5.41) is 0.229. The molecule has 0 saturated carbocycles. The zero-order valence-electron chi connectivity index (χ0n) is 7.02. The first-order valence-corrected chi connectivity index (χ1v) is 10.9. The SMILES string of the molecule is [NH2][Cr]([Cl])([Cl])([Cl])[C](=O)c1c(Cl)cccc1Cl. The first-order chi connectivity index (χ1) is 6.60. The van der Waals surface area contributed by atoms with Crippen molar-refractivity contribution < 1.29 is 14.3 Å². The second-order valence-electron chi connectivity index (χ2n) is 2.68. The first-order valence-electron chi connectivity index (χ1n) is 3.48. The van der Waals surface area contributed by atoms with E-state index >= 15 is 0 Å². The van der Waals surface area contributed by atoms with Crippen molar-refractivity contribution in [1.29, 1.82) is 0 Å². The summed E-state index contributed by atoms with van der Waals surface area (Å²) >= 11 is 11.6. The fourth-order valence-corrected chi connectivity index (χ4v) is 3.46. The van der Waals surface area contributed by atoms with Crippen LogP contribution in [0.15, 0.2) is 18.2 Å². The van der Waals surface area contributed by atoms with Gasteiger partial charge >= 0.3 is 111 Å². The van der Waals surface area contributed by atoms with Crippen LogP contribution in [-0.2, 0) is 9.46 Å². The minimum atomic E-state index is -4.82. The van der Waals surface area contributed by atoms with E-state index in [4.69, 9.17) is 58.1 Å². The van der Waals surface area contributed by atoms with Gasteiger partial charge in [-0.25, -0.2) is 0 Å². The van der Waals surface area contributed by atoms with E-state index in [9.17, 15) is 4.79 Å². The van der Waals surface area contributed by atoms with Crippen molar-refractivity contribution in [2.45, 2.75) is 0 Å². The topological polar surface area (TPSA) is 43.1 Å². The van der Waals surface area contributed by atoms with E-state index in [1.807, 2.05) is 0 Å². The molecular formula is C7H5Cl5CrNO. The second-order valence-corrected chi connectivity index (χ2v) is 16.4. The Morgan fingerprint density at radius 3 is 1.87 bits per heavy atom. The number of benzene rings is 1. The van der Waals surface area contributed by atoms with Crippen molar-refractivity contribution in [3.63, 3.8) is 0 Å². The monoisotopic (exact) mass is 346 g/mol. The molecule has 15 heavy (non-hydrogen) atoms. The molecule has 2 nitrogen and oxygen atoms in total. The summed E-state index contributed by atoms with van der Waals surface area (Å²) in [6.45, 7) is 0. The Labute approximate surface area is 110 Å². The summed E-state index contributed by atoms with van der Waals surface area (Å²) in [7, 11) is 12.1. The summed E-state index contributed by atoms with van der Waals surface area (Å²) in [6.07, 6.45) is 0. The predicted molar refractivity (Wildman–Crippen MR) is 62.5 cm³/mol. The molecule has 0 spiro atoms. The van der Waals surface area contributed by atoms with Crippen LogP contribution >= 0.6 is 53.3 Å². The van der Waals surface area contributed by atoms with Gasteiger partial charge in [0.05, 0.1) is 0 Å². The summed E-state index contributed by atoms with van der Waals surface area (Å²) in [5.41, 5.74) is -0.0386. The van der Waals surface area contributed by atoms with Gasteiger partial charge in [-0.2, -0.15) is 0 Å². The van der Waals surface area contributed by atoms with E-state index in [1.54, 1.807) is 6.07 Å². The van der Waals surface area contributed by atoms with Crippen LogP contribution in [0, 0.1) is 0 Å². The van der Waals surface area contributed by atoms with E-state index in [1.165, 1.54) is 12.1 Å². The molecule has 0 radical (unpaired) electrons. The van der Waals surface area contributed by atoms with Crippen molar-refractivity contribution in [2.75, 3.05) is 0 Å². The maximum atomic E-state index is 11.8. The van der Waals surface area contributed by atoms with Crippen molar-refractivity contribution in [3.05, 3.63) is 33.8 Å². The van der Waals surface area contributed by atoms with Gasteiger partial charge in [-0.15, -0.1) is 0 Å². The molecule has 0 aromatic heterocycles. The van der Waals surface area contributed by atoms with E-state index in [0.717, 1.165) is 0 Å². The van der Waals surface area contributed by atoms with Gasteiger partial charge in [-0.05, 0) is 0 Å². The standard InChI is InChI=1S/C7H3Cl2O.3ClH.Cr.H2N/c8-6-2-1-3-7(9)5(6)4-10;;;;;/h1-3H;3*1H;;1H2/q;;;;+4;-1/p-3. The third kappa shape index (κ3) is 3.39. The Balaban J connectivity index is 3.37. The Morgan fingerprint density at radius 2 is 1.53 bits per heavy atom. The normalized spacial score (nSPS) is 14.4. The van der Waals surface area contributed by atoms with Gasteiger partial charge in [0, 0.05) is 0 Å². The molecule has 0 aliphatic heterocycles. The number of carbonyl (C=O) groups excluding carboxylic acids is 1. The fourth-order valence-electron chi connectivity index (χ4n) is 0.867. The molecule has 0 heterocycles. The molecule has 2 N–H and O–H groups in total. The van der Waals surface area contributed by atoms with Crippen LogP contribution in [0.1, 0.15) is 10.4 Å². The minimum absolute atomic E-state index is 0.0386. The molecule has 0 aliphatic rings. The average molecular weight is 348 g/mol. The molecule has 8 heteroatoms. The third-order valence-corrected chi connectivity index (χ3v) is 5.16. The molecule has 0 fully saturated rings. The van der Waals surface area contributed by atoms with Crippen LogP contribution < -0.4 is 4.72 Å². The molecule has 0 unspecified atom stereocenters. The van der Waals surface area contributed by atoms with E-state index in [2.05, 4.69) is 0 Å². The molecule has 0 atom stereocenters. The van der Waals surface area contributed by atoms with Crippen molar-refractivity contribution in [1.82, 2.24) is 0 Å². The van der Waals surface area contributed by atoms with Gasteiger partial charge < -0.3 is 0 Å². The summed E-state index contributed by atoms with van der Waals surface area (Å²) < 4.78 is 4.58. The molecule has 1 aromatic carbocycles. The van der Waals surface area contributed by atoms with Gasteiger partial charge in [0.25, 0.3) is 0 Å². The molecular weight excluding hydrogens is 343 g/mol. The van der Waals surface area contributed by atoms with Crippen LogP contribution in [0.3, 0.4) is 0 Å². The Hall–Kier alpha value is 0.832. The third-order valence-electron chi connectivity index (χ3n) is 1.48. The molecule has 0 amide bonds. The van der Waals surface area contributed by atoms with Crippen LogP contribution in [0.2, 0.25) is 10.0 Å². The first kappa shape index (κ1) is 13.9. The van der Waals surface area contributed by atoms with Gasteiger partial charge in [0.2, 0.25) is 0 Å². The number of rotatable bonds is 2. The van der Waals surface area contributed by atoms with Crippen molar-refractivity contribution in [3.8, 4) is 0 Å². The number of hydrogen-bond donors (Lipinski definition) is 1. The molecule has 0 bridgehead atoms. The summed E-state index contributed by atoms with van der Waals surface area (Å²) in [5.74, 6) is 0. The van der Waals surface area contributed by atoms with Crippen LogP contribution in [0.25, 0.3) is 0 Å². The quantitative estimate of drug-likeness (QED) is 0.872. The van der Waals surface area contributed by atoms with Crippen LogP contribution in [0.4, 0.5) is 0 Å². The van der Waals surface area contributed by atoms with Crippen molar-refractivity contribution in [2.24, 2.45) is 4.72 Å². The van der Waals surface area contributed by atoms with Crippen LogP contribution in [-0.4, -0.2) is 4.65 Å². The number of hydrogen-bond acceptors (Lipinski definition) is 2. The Kier molecular flexibility index (Phi) is 3.94. The number of carbonyl (C=O) groups is 1. The zero-order valence-corrected chi connectivity index (χ0v) is 12.1. The Bertz CT molecular complexity index is 398. The van der Waals surface area contributed by atoms with Gasteiger partial charge in [-0.1, -0.05) is 0 Å². The molecule has 0 aliphatic carbocycles. The van der Waals surface area contributed by atoms with Gasteiger partial charge in [0.1, 0.15) is 0 Å². The number of nitrogens with two attached hydrogens (primary N) is 1. The zero-order chi connectivity index (χ0) is 11.9. The van der Waals surface area contributed by atoms with Gasteiger partial charge in [0.15, 0.2) is 0 Å². The summed E-state index contributed by atoms with van der Waals surface area (Å²) in [4.78, 5) is 11.8. The summed E-state index contributed by atoms with van der Waals surface area (Å²) in [6, 6.07) is 4.52. The average Bonchev–Trinajstić information content (AvgIpc) is 2.00. The molecule has 1 aromatic rings. The van der Waals surface area contributed by atoms with E-state index in [-0.39, 0.29) is 15.6 Å². The van der Waals surface area contributed by atoms with E-state index < -0.39 is 14.1 Å². The van der Waals surface area contributed by atoms with Crippen LogP contribution in [0.5, 0.6) is 0 Å².